The maximum absolute atomic E-state index is 12.4. The van der Waals surface area contributed by atoms with Gasteiger partial charge in [0.15, 0.2) is 0 Å². The quantitative estimate of drug-likeness (QED) is 0.779. The molecule has 27 heavy (non-hydrogen) atoms. The Balaban J connectivity index is 1.38. The predicted molar refractivity (Wildman–Crippen MR) is 99.3 cm³/mol. The van der Waals surface area contributed by atoms with Gasteiger partial charge in [0.2, 0.25) is 0 Å². The Morgan fingerprint density at radius 3 is 2.44 bits per heavy atom. The molecule has 1 aliphatic heterocycles. The molecule has 2 aliphatic rings. The van der Waals surface area contributed by atoms with Gasteiger partial charge in [0.25, 0.3) is 0 Å². The molecule has 2 aromatic rings. The van der Waals surface area contributed by atoms with Gasteiger partial charge >= 0.3 is 6.61 Å². The number of fused-ring (bicyclic) bond motifs is 1. The zero-order valence-electron chi connectivity index (χ0n) is 15.7. The SMILES string of the molecule is COC1CCC(N2CCC(n3ncc4cc(OC(F)F)ccc43)CC2)CC1. The van der Waals surface area contributed by atoms with Gasteiger partial charge in [0.05, 0.1) is 23.9 Å². The summed E-state index contributed by atoms with van der Waals surface area (Å²) in [6.07, 6.45) is 9.08. The Labute approximate surface area is 158 Å². The number of hydrogen-bond donors (Lipinski definition) is 0. The van der Waals surface area contributed by atoms with Gasteiger partial charge in [0, 0.05) is 31.6 Å². The van der Waals surface area contributed by atoms with E-state index in [1.54, 1.807) is 18.3 Å². The first-order chi connectivity index (χ1) is 13.1. The highest BCUT2D eigenvalue weighted by Crippen LogP contribution is 2.32. The molecule has 4 rings (SSSR count). The van der Waals surface area contributed by atoms with Gasteiger partial charge in [-0.15, -0.1) is 0 Å². The molecule has 0 spiro atoms. The van der Waals surface area contributed by atoms with Gasteiger partial charge in [0.1, 0.15) is 5.75 Å². The summed E-state index contributed by atoms with van der Waals surface area (Å²) in [5.74, 6) is 0.179. The monoisotopic (exact) mass is 379 g/mol. The maximum atomic E-state index is 12.4. The topological polar surface area (TPSA) is 39.5 Å². The lowest BCUT2D eigenvalue weighted by atomic mass is 9.90. The van der Waals surface area contributed by atoms with E-state index >= 15 is 0 Å². The number of nitrogens with zero attached hydrogens (tertiary/aromatic N) is 3. The molecule has 0 amide bonds. The molecule has 2 fully saturated rings. The average Bonchev–Trinajstić information content (AvgIpc) is 3.11. The van der Waals surface area contributed by atoms with Crippen molar-refractivity contribution < 1.29 is 18.3 Å². The Morgan fingerprint density at radius 2 is 1.78 bits per heavy atom. The molecule has 0 unspecified atom stereocenters. The van der Waals surface area contributed by atoms with Crippen molar-refractivity contribution in [3.05, 3.63) is 24.4 Å². The van der Waals surface area contributed by atoms with E-state index in [9.17, 15) is 8.78 Å². The van der Waals surface area contributed by atoms with Crippen molar-refractivity contribution in [3.63, 3.8) is 0 Å². The Hall–Kier alpha value is -1.73. The van der Waals surface area contributed by atoms with Gasteiger partial charge in [-0.25, -0.2) is 0 Å². The van der Waals surface area contributed by atoms with Crippen molar-refractivity contribution in [2.45, 2.75) is 63.3 Å². The molecule has 1 saturated heterocycles. The molecule has 1 saturated carbocycles. The summed E-state index contributed by atoms with van der Waals surface area (Å²) in [6, 6.07) is 6.10. The zero-order valence-corrected chi connectivity index (χ0v) is 15.7. The molecule has 0 radical (unpaired) electrons. The van der Waals surface area contributed by atoms with E-state index in [4.69, 9.17) is 4.74 Å². The standard InChI is InChI=1S/C20H27F2N3O2/c1-26-17-4-2-15(3-5-17)24-10-8-16(9-11-24)25-19-7-6-18(27-20(21)22)12-14(19)13-23-25/h6-7,12-13,15-17,20H,2-5,8-11H2,1H3. The van der Waals surface area contributed by atoms with Crippen molar-refractivity contribution in [2.75, 3.05) is 20.2 Å². The lowest BCUT2D eigenvalue weighted by molar-refractivity contribution is -0.0497. The van der Waals surface area contributed by atoms with Crippen molar-refractivity contribution in [3.8, 4) is 5.75 Å². The van der Waals surface area contributed by atoms with Crippen LogP contribution in [0.2, 0.25) is 0 Å². The number of likely N-dealkylation sites (tertiary alicyclic amines) is 1. The first kappa shape index (κ1) is 18.6. The van der Waals surface area contributed by atoms with Crippen molar-refractivity contribution in [1.29, 1.82) is 0 Å². The summed E-state index contributed by atoms with van der Waals surface area (Å²) in [7, 11) is 1.81. The fraction of sp³-hybridized carbons (Fsp3) is 0.650. The van der Waals surface area contributed by atoms with Crippen LogP contribution in [0.25, 0.3) is 10.9 Å². The lowest BCUT2D eigenvalue weighted by Gasteiger charge is -2.40. The van der Waals surface area contributed by atoms with E-state index in [0.29, 0.717) is 18.2 Å². The van der Waals surface area contributed by atoms with Crippen LogP contribution >= 0.6 is 0 Å². The Morgan fingerprint density at radius 1 is 1.04 bits per heavy atom. The molecule has 2 heterocycles. The molecule has 1 aliphatic carbocycles. The number of halogens is 2. The van der Waals surface area contributed by atoms with Gasteiger partial charge in [-0.1, -0.05) is 0 Å². The van der Waals surface area contributed by atoms with Crippen molar-refractivity contribution >= 4 is 10.9 Å². The summed E-state index contributed by atoms with van der Waals surface area (Å²) in [6.45, 7) is -0.636. The molecule has 1 aromatic carbocycles. The number of alkyl halides is 2. The smallest absolute Gasteiger partial charge is 0.387 e. The first-order valence-corrected chi connectivity index (χ1v) is 9.83. The van der Waals surface area contributed by atoms with Crippen LogP contribution in [0.3, 0.4) is 0 Å². The molecule has 7 heteroatoms. The number of ether oxygens (including phenoxy) is 2. The summed E-state index contributed by atoms with van der Waals surface area (Å²) in [5, 5.41) is 5.38. The van der Waals surface area contributed by atoms with Crippen LogP contribution < -0.4 is 4.74 Å². The number of hydrogen-bond acceptors (Lipinski definition) is 4. The minimum atomic E-state index is -2.80. The number of piperidine rings is 1. The second-order valence-electron chi connectivity index (χ2n) is 7.62. The maximum Gasteiger partial charge on any atom is 0.387 e. The van der Waals surface area contributed by atoms with Crippen molar-refractivity contribution in [1.82, 2.24) is 14.7 Å². The van der Waals surface area contributed by atoms with Crippen LogP contribution in [0, 0.1) is 0 Å². The molecule has 0 atom stereocenters. The molecule has 1 aromatic heterocycles. The third-order valence-electron chi connectivity index (χ3n) is 6.13. The molecule has 5 nitrogen and oxygen atoms in total. The largest absolute Gasteiger partial charge is 0.435 e. The summed E-state index contributed by atoms with van der Waals surface area (Å²) in [5.41, 5.74) is 0.982. The highest BCUT2D eigenvalue weighted by atomic mass is 19.3. The molecular formula is C20H27F2N3O2. The normalized spacial score (nSPS) is 25.3. The second-order valence-corrected chi connectivity index (χ2v) is 7.62. The van der Waals surface area contributed by atoms with Crippen LogP contribution in [0.4, 0.5) is 8.78 Å². The van der Waals surface area contributed by atoms with Crippen LogP contribution in [0.1, 0.15) is 44.6 Å². The van der Waals surface area contributed by atoms with Gasteiger partial charge in [-0.3, -0.25) is 4.68 Å². The zero-order chi connectivity index (χ0) is 18.8. The van der Waals surface area contributed by atoms with Crippen LogP contribution in [-0.4, -0.2) is 53.6 Å². The van der Waals surface area contributed by atoms with E-state index in [1.165, 1.54) is 12.8 Å². The fourth-order valence-corrected chi connectivity index (χ4v) is 4.64. The predicted octanol–water partition coefficient (Wildman–Crippen LogP) is 4.23. The Bertz CT molecular complexity index is 751. The summed E-state index contributed by atoms with van der Waals surface area (Å²) in [4.78, 5) is 2.63. The number of aromatic nitrogens is 2. The minimum absolute atomic E-state index is 0.179. The van der Waals surface area contributed by atoms with Crippen LogP contribution in [-0.2, 0) is 4.74 Å². The first-order valence-electron chi connectivity index (χ1n) is 9.83. The minimum Gasteiger partial charge on any atom is -0.435 e. The van der Waals surface area contributed by atoms with Crippen molar-refractivity contribution in [2.24, 2.45) is 0 Å². The second kappa shape index (κ2) is 8.10. The lowest BCUT2D eigenvalue weighted by Crippen LogP contribution is -2.44. The summed E-state index contributed by atoms with van der Waals surface area (Å²) >= 11 is 0. The molecular weight excluding hydrogens is 352 g/mol. The molecule has 0 N–H and O–H groups in total. The highest BCUT2D eigenvalue weighted by Gasteiger charge is 2.30. The van der Waals surface area contributed by atoms with Crippen LogP contribution in [0.5, 0.6) is 5.75 Å². The fourth-order valence-electron chi connectivity index (χ4n) is 4.64. The van der Waals surface area contributed by atoms with E-state index in [0.717, 1.165) is 49.7 Å². The third kappa shape index (κ3) is 4.09. The van der Waals surface area contributed by atoms with Crippen LogP contribution in [0.15, 0.2) is 24.4 Å². The van der Waals surface area contributed by atoms with Gasteiger partial charge < -0.3 is 14.4 Å². The van der Waals surface area contributed by atoms with E-state index in [-0.39, 0.29) is 5.75 Å². The molecule has 148 valence electrons. The Kier molecular flexibility index (Phi) is 5.59. The number of rotatable bonds is 5. The highest BCUT2D eigenvalue weighted by molar-refractivity contribution is 5.80. The number of benzene rings is 1. The van der Waals surface area contributed by atoms with E-state index in [2.05, 4.69) is 19.4 Å². The van der Waals surface area contributed by atoms with Gasteiger partial charge in [-0.2, -0.15) is 13.9 Å². The third-order valence-corrected chi connectivity index (χ3v) is 6.13. The van der Waals surface area contributed by atoms with E-state index in [1.807, 2.05) is 13.2 Å². The molecule has 0 bridgehead atoms. The number of methoxy groups -OCH3 is 1. The van der Waals surface area contributed by atoms with E-state index < -0.39 is 6.61 Å². The summed E-state index contributed by atoms with van der Waals surface area (Å²) < 4.78 is 36.8. The average molecular weight is 379 g/mol. The van der Waals surface area contributed by atoms with Gasteiger partial charge in [-0.05, 0) is 56.7 Å².